The van der Waals surface area contributed by atoms with E-state index in [4.69, 9.17) is 4.74 Å². The number of nitrogens with zero attached hydrogens (tertiary/aromatic N) is 4. The van der Waals surface area contributed by atoms with Gasteiger partial charge in [-0.1, -0.05) is 60.3 Å². The summed E-state index contributed by atoms with van der Waals surface area (Å²) in [4.78, 5) is 21.2. The minimum absolute atomic E-state index is 0.120. The molecule has 1 amide bonds. The van der Waals surface area contributed by atoms with Crippen LogP contribution in [0.3, 0.4) is 0 Å². The van der Waals surface area contributed by atoms with Gasteiger partial charge in [-0.25, -0.2) is 14.6 Å². The fourth-order valence-corrected chi connectivity index (χ4v) is 4.16. The molecule has 1 N–H and O–H groups in total. The van der Waals surface area contributed by atoms with Crippen LogP contribution in [0.15, 0.2) is 102 Å². The zero-order chi connectivity index (χ0) is 23.2. The van der Waals surface area contributed by atoms with Gasteiger partial charge in [0.25, 0.3) is 0 Å². The Morgan fingerprint density at radius 3 is 2.41 bits per heavy atom. The van der Waals surface area contributed by atoms with Crippen LogP contribution >= 0.6 is 11.8 Å². The van der Waals surface area contributed by atoms with E-state index in [1.54, 1.807) is 10.9 Å². The lowest BCUT2D eigenvalue weighted by Crippen LogP contribution is -2.14. The van der Waals surface area contributed by atoms with Gasteiger partial charge in [-0.3, -0.25) is 4.79 Å². The molecule has 5 aromatic rings. The summed E-state index contributed by atoms with van der Waals surface area (Å²) >= 11 is 1.35. The molecule has 2 heterocycles. The molecule has 8 heteroatoms. The number of aromatic nitrogens is 4. The number of hydrogen-bond acceptors (Lipinski definition) is 6. The van der Waals surface area contributed by atoms with Crippen molar-refractivity contribution >= 4 is 34.4 Å². The molecule has 0 atom stereocenters. The number of carbonyl (C=O) groups excluding carboxylic acids is 1. The van der Waals surface area contributed by atoms with Gasteiger partial charge in [-0.15, -0.1) is 0 Å². The first kappa shape index (κ1) is 21.7. The van der Waals surface area contributed by atoms with E-state index in [0.29, 0.717) is 23.0 Å². The van der Waals surface area contributed by atoms with Gasteiger partial charge >= 0.3 is 0 Å². The van der Waals surface area contributed by atoms with Crippen molar-refractivity contribution in [2.45, 2.75) is 11.6 Å². The number of para-hydroxylation sites is 1. The van der Waals surface area contributed by atoms with Crippen LogP contribution in [0.5, 0.6) is 5.75 Å². The maximum atomic E-state index is 12.5. The fraction of sp³-hybridized carbons (Fsp3) is 0.0769. The van der Waals surface area contributed by atoms with Gasteiger partial charge in [0.2, 0.25) is 5.91 Å². The van der Waals surface area contributed by atoms with Gasteiger partial charge in [0.05, 0.1) is 23.0 Å². The van der Waals surface area contributed by atoms with Crippen LogP contribution < -0.4 is 10.1 Å². The summed E-state index contributed by atoms with van der Waals surface area (Å²) in [6, 6.07) is 27.1. The van der Waals surface area contributed by atoms with E-state index in [-0.39, 0.29) is 11.7 Å². The second-order valence-electron chi connectivity index (χ2n) is 7.44. The monoisotopic (exact) mass is 467 g/mol. The second kappa shape index (κ2) is 10.2. The quantitative estimate of drug-likeness (QED) is 0.252. The first-order valence-electron chi connectivity index (χ1n) is 10.7. The summed E-state index contributed by atoms with van der Waals surface area (Å²) in [5.74, 6) is 0.842. The van der Waals surface area contributed by atoms with Crippen molar-refractivity contribution in [2.75, 3.05) is 11.1 Å². The predicted octanol–water partition coefficient (Wildman–Crippen LogP) is 5.13. The Hall–Kier alpha value is -4.17. The van der Waals surface area contributed by atoms with Gasteiger partial charge in [0.1, 0.15) is 23.7 Å². The lowest BCUT2D eigenvalue weighted by molar-refractivity contribution is -0.113. The van der Waals surface area contributed by atoms with Crippen LogP contribution in [0, 0.1) is 0 Å². The molecular weight excluding hydrogens is 446 g/mol. The Kier molecular flexibility index (Phi) is 6.49. The first-order valence-corrected chi connectivity index (χ1v) is 11.7. The number of ether oxygens (including phenoxy) is 1. The van der Waals surface area contributed by atoms with Crippen molar-refractivity contribution in [2.24, 2.45) is 0 Å². The topological polar surface area (TPSA) is 81.9 Å². The molecular formula is C26H21N5O2S. The zero-order valence-corrected chi connectivity index (χ0v) is 19.0. The predicted molar refractivity (Wildman–Crippen MR) is 133 cm³/mol. The molecule has 5 rings (SSSR count). The van der Waals surface area contributed by atoms with Crippen LogP contribution in [-0.4, -0.2) is 31.4 Å². The Bertz CT molecular complexity index is 1390. The summed E-state index contributed by atoms with van der Waals surface area (Å²) in [7, 11) is 0. The number of rotatable bonds is 8. The van der Waals surface area contributed by atoms with Crippen molar-refractivity contribution < 1.29 is 9.53 Å². The number of benzene rings is 3. The summed E-state index contributed by atoms with van der Waals surface area (Å²) in [5, 5.41) is 8.89. The van der Waals surface area contributed by atoms with Gasteiger partial charge in [0.15, 0.2) is 5.65 Å². The number of carbonyl (C=O) groups is 1. The molecule has 0 fully saturated rings. The molecule has 168 valence electrons. The summed E-state index contributed by atoms with van der Waals surface area (Å²) in [5.41, 5.74) is 3.43. The number of fused-ring (bicyclic) bond motifs is 1. The van der Waals surface area contributed by atoms with Crippen LogP contribution in [0.1, 0.15) is 5.56 Å². The number of hydrogen-bond donors (Lipinski definition) is 1. The summed E-state index contributed by atoms with van der Waals surface area (Å²) < 4.78 is 7.56. The number of nitrogens with one attached hydrogen (secondary N) is 1. The minimum Gasteiger partial charge on any atom is -0.489 e. The smallest absolute Gasteiger partial charge is 0.234 e. The van der Waals surface area contributed by atoms with Crippen LogP contribution in [0.25, 0.3) is 16.7 Å². The maximum Gasteiger partial charge on any atom is 0.234 e. The Morgan fingerprint density at radius 1 is 0.912 bits per heavy atom. The van der Waals surface area contributed by atoms with Crippen LogP contribution in [0.2, 0.25) is 0 Å². The van der Waals surface area contributed by atoms with Gasteiger partial charge in [0, 0.05) is 5.69 Å². The van der Waals surface area contributed by atoms with E-state index in [1.807, 2.05) is 84.9 Å². The third-order valence-electron chi connectivity index (χ3n) is 5.06. The van der Waals surface area contributed by atoms with E-state index < -0.39 is 0 Å². The van der Waals surface area contributed by atoms with Crippen molar-refractivity contribution in [3.05, 3.63) is 103 Å². The van der Waals surface area contributed by atoms with Gasteiger partial charge < -0.3 is 10.1 Å². The second-order valence-corrected chi connectivity index (χ2v) is 8.41. The highest BCUT2D eigenvalue weighted by molar-refractivity contribution is 8.00. The lowest BCUT2D eigenvalue weighted by atomic mass is 10.2. The summed E-state index contributed by atoms with van der Waals surface area (Å²) in [6.07, 6.45) is 3.23. The van der Waals surface area contributed by atoms with E-state index in [2.05, 4.69) is 20.4 Å². The highest BCUT2D eigenvalue weighted by Gasteiger charge is 2.13. The standard InChI is InChI=1S/C26H21N5O2S/c32-24(30-20-11-13-22(14-12-20)33-16-19-7-3-1-4-8-19)17-34-26-23-15-29-31(25(23)27-18-28-26)21-9-5-2-6-10-21/h1-15,18H,16-17H2,(H,30,32). The van der Waals surface area contributed by atoms with Gasteiger partial charge in [-0.2, -0.15) is 5.10 Å². The molecule has 0 radical (unpaired) electrons. The highest BCUT2D eigenvalue weighted by atomic mass is 32.2. The molecule has 0 saturated carbocycles. The average molecular weight is 468 g/mol. The molecule has 0 unspecified atom stereocenters. The minimum atomic E-state index is -0.120. The van der Waals surface area contributed by atoms with Crippen molar-refractivity contribution in [3.63, 3.8) is 0 Å². The van der Waals surface area contributed by atoms with Crippen molar-refractivity contribution in [1.82, 2.24) is 19.7 Å². The highest BCUT2D eigenvalue weighted by Crippen LogP contribution is 2.26. The number of thioether (sulfide) groups is 1. The molecule has 0 aliphatic carbocycles. The molecule has 3 aromatic carbocycles. The Labute approximate surface area is 200 Å². The van der Waals surface area contributed by atoms with Crippen LogP contribution in [0.4, 0.5) is 5.69 Å². The van der Waals surface area contributed by atoms with E-state index in [0.717, 1.165) is 22.4 Å². The molecule has 34 heavy (non-hydrogen) atoms. The first-order chi connectivity index (χ1) is 16.8. The fourth-order valence-electron chi connectivity index (χ4n) is 3.40. The van der Waals surface area contributed by atoms with Crippen molar-refractivity contribution in [1.29, 1.82) is 0 Å². The van der Waals surface area contributed by atoms with E-state index in [1.165, 1.54) is 18.1 Å². The van der Waals surface area contributed by atoms with Crippen molar-refractivity contribution in [3.8, 4) is 11.4 Å². The number of anilines is 1. The average Bonchev–Trinajstić information content (AvgIpc) is 3.33. The Morgan fingerprint density at radius 2 is 1.65 bits per heavy atom. The SMILES string of the molecule is O=C(CSc1ncnc2c1cnn2-c1ccccc1)Nc1ccc(OCc2ccccc2)cc1. The van der Waals surface area contributed by atoms with E-state index >= 15 is 0 Å². The van der Waals surface area contributed by atoms with E-state index in [9.17, 15) is 4.79 Å². The lowest BCUT2D eigenvalue weighted by Gasteiger charge is -2.09. The van der Waals surface area contributed by atoms with Crippen LogP contribution in [-0.2, 0) is 11.4 Å². The van der Waals surface area contributed by atoms with Gasteiger partial charge in [-0.05, 0) is 42.0 Å². The molecule has 0 aliphatic heterocycles. The normalized spacial score (nSPS) is 10.8. The zero-order valence-electron chi connectivity index (χ0n) is 18.2. The molecule has 2 aromatic heterocycles. The molecule has 0 bridgehead atoms. The number of amides is 1. The third kappa shape index (κ3) is 5.07. The maximum absolute atomic E-state index is 12.5. The largest absolute Gasteiger partial charge is 0.489 e. The molecule has 7 nitrogen and oxygen atoms in total. The third-order valence-corrected chi connectivity index (χ3v) is 6.06. The summed E-state index contributed by atoms with van der Waals surface area (Å²) in [6.45, 7) is 0.497. The molecule has 0 aliphatic rings. The molecule has 0 spiro atoms. The molecule has 0 saturated heterocycles. The Balaban J connectivity index is 1.18.